The molecule has 1 aliphatic heterocycles. The van der Waals surface area contributed by atoms with Gasteiger partial charge in [0.05, 0.1) is 7.11 Å². The van der Waals surface area contributed by atoms with Crippen LogP contribution < -0.4 is 15.2 Å². The Bertz CT molecular complexity index is 492. The molecule has 1 heterocycles. The van der Waals surface area contributed by atoms with Crippen LogP contribution >= 0.6 is 0 Å². The fourth-order valence-electron chi connectivity index (χ4n) is 4.03. The molecular weight excluding hydrogens is 262 g/mol. The Labute approximate surface area is 127 Å². The van der Waals surface area contributed by atoms with Gasteiger partial charge in [-0.15, -0.1) is 0 Å². The molecule has 0 radical (unpaired) electrons. The van der Waals surface area contributed by atoms with Crippen LogP contribution in [-0.2, 0) is 0 Å². The largest absolute Gasteiger partial charge is 0.497 e. The molecule has 1 aromatic rings. The van der Waals surface area contributed by atoms with Gasteiger partial charge in [-0.3, -0.25) is 0 Å². The highest BCUT2D eigenvalue weighted by Crippen LogP contribution is 2.47. The van der Waals surface area contributed by atoms with Gasteiger partial charge in [0.1, 0.15) is 17.1 Å². The van der Waals surface area contributed by atoms with Gasteiger partial charge in [-0.1, -0.05) is 19.8 Å². The number of hydrogen-bond acceptors (Lipinski definition) is 3. The van der Waals surface area contributed by atoms with Gasteiger partial charge in [0.2, 0.25) is 0 Å². The Hall–Kier alpha value is -1.22. The number of nitrogens with two attached hydrogens (primary N) is 1. The second-order valence-electron chi connectivity index (χ2n) is 6.73. The molecular formula is C18H27NO2. The lowest BCUT2D eigenvalue weighted by molar-refractivity contribution is -0.0116. The van der Waals surface area contributed by atoms with E-state index in [9.17, 15) is 0 Å². The van der Waals surface area contributed by atoms with Gasteiger partial charge in [-0.2, -0.15) is 0 Å². The summed E-state index contributed by atoms with van der Waals surface area (Å²) in [6, 6.07) is 6.07. The molecule has 3 rings (SSSR count). The van der Waals surface area contributed by atoms with Crippen molar-refractivity contribution in [1.82, 2.24) is 0 Å². The van der Waals surface area contributed by atoms with Crippen molar-refractivity contribution in [3.05, 3.63) is 23.8 Å². The maximum Gasteiger partial charge on any atom is 0.125 e. The van der Waals surface area contributed by atoms with Crippen LogP contribution in [0.1, 0.15) is 63.5 Å². The van der Waals surface area contributed by atoms with E-state index in [1.54, 1.807) is 7.11 Å². The lowest BCUT2D eigenvalue weighted by Crippen LogP contribution is -2.45. The minimum absolute atomic E-state index is 0.0226. The summed E-state index contributed by atoms with van der Waals surface area (Å²) in [6.07, 6.45) is 8.45. The van der Waals surface area contributed by atoms with E-state index in [0.717, 1.165) is 42.2 Å². The summed E-state index contributed by atoms with van der Waals surface area (Å²) < 4.78 is 11.7. The van der Waals surface area contributed by atoms with Crippen molar-refractivity contribution in [3.8, 4) is 11.5 Å². The first-order chi connectivity index (χ1) is 10.2. The first-order valence-electron chi connectivity index (χ1n) is 8.28. The van der Waals surface area contributed by atoms with Crippen molar-refractivity contribution < 1.29 is 9.47 Å². The lowest BCUT2D eigenvalue weighted by atomic mass is 9.72. The second kappa shape index (κ2) is 5.88. The van der Waals surface area contributed by atoms with E-state index >= 15 is 0 Å². The van der Waals surface area contributed by atoms with E-state index in [1.165, 1.54) is 25.7 Å². The number of fused-ring (bicyclic) bond motifs is 1. The molecule has 1 aliphatic carbocycles. The Morgan fingerprint density at radius 2 is 2.10 bits per heavy atom. The number of hydrogen-bond donors (Lipinski definition) is 1. The number of ether oxygens (including phenoxy) is 2. The lowest BCUT2D eigenvalue weighted by Gasteiger charge is -2.45. The Balaban J connectivity index is 1.76. The number of rotatable bonds is 3. The average Bonchev–Trinajstić information content (AvgIpc) is 2.50. The topological polar surface area (TPSA) is 44.5 Å². The van der Waals surface area contributed by atoms with Crippen LogP contribution in [-0.4, -0.2) is 12.7 Å². The molecule has 116 valence electrons. The minimum atomic E-state index is -0.0226. The summed E-state index contributed by atoms with van der Waals surface area (Å²) in [4.78, 5) is 0. The summed E-state index contributed by atoms with van der Waals surface area (Å²) in [5.74, 6) is 2.71. The third-order valence-corrected chi connectivity index (χ3v) is 5.25. The predicted molar refractivity (Wildman–Crippen MR) is 84.8 cm³/mol. The van der Waals surface area contributed by atoms with Crippen molar-refractivity contribution in [2.45, 2.75) is 63.5 Å². The normalized spacial score (nSPS) is 31.6. The molecule has 21 heavy (non-hydrogen) atoms. The molecule has 1 spiro atoms. The molecule has 3 heteroatoms. The third kappa shape index (κ3) is 2.89. The van der Waals surface area contributed by atoms with Gasteiger partial charge in [0.15, 0.2) is 0 Å². The molecule has 1 atom stereocenters. The molecule has 1 aromatic carbocycles. The highest BCUT2D eigenvalue weighted by molar-refractivity contribution is 5.44. The summed E-state index contributed by atoms with van der Waals surface area (Å²) >= 11 is 0. The summed E-state index contributed by atoms with van der Waals surface area (Å²) in [5, 5.41) is 0. The van der Waals surface area contributed by atoms with E-state index in [1.807, 2.05) is 18.2 Å². The molecule has 0 saturated heterocycles. The van der Waals surface area contributed by atoms with E-state index in [4.69, 9.17) is 15.2 Å². The van der Waals surface area contributed by atoms with Gasteiger partial charge in [-0.25, -0.2) is 0 Å². The van der Waals surface area contributed by atoms with E-state index in [2.05, 4.69) is 6.92 Å². The van der Waals surface area contributed by atoms with Crippen molar-refractivity contribution in [1.29, 1.82) is 0 Å². The number of methoxy groups -OCH3 is 1. The molecule has 1 fully saturated rings. The monoisotopic (exact) mass is 289 g/mol. The summed E-state index contributed by atoms with van der Waals surface area (Å²) in [5.41, 5.74) is 7.50. The van der Waals surface area contributed by atoms with Gasteiger partial charge in [-0.05, 0) is 49.8 Å². The maximum atomic E-state index is 6.43. The molecule has 0 bridgehead atoms. The van der Waals surface area contributed by atoms with Crippen LogP contribution in [0, 0.1) is 5.92 Å². The molecule has 2 aliphatic rings. The van der Waals surface area contributed by atoms with Crippen LogP contribution in [0.5, 0.6) is 11.5 Å². The van der Waals surface area contributed by atoms with Gasteiger partial charge >= 0.3 is 0 Å². The van der Waals surface area contributed by atoms with Gasteiger partial charge in [0.25, 0.3) is 0 Å². The molecule has 0 amide bonds. The molecule has 0 unspecified atom stereocenters. The first kappa shape index (κ1) is 14.7. The van der Waals surface area contributed by atoms with Crippen LogP contribution in [0.25, 0.3) is 0 Å². The zero-order valence-electron chi connectivity index (χ0n) is 13.2. The molecule has 1 saturated carbocycles. The first-order valence-corrected chi connectivity index (χ1v) is 8.28. The van der Waals surface area contributed by atoms with E-state index in [-0.39, 0.29) is 11.6 Å². The zero-order valence-corrected chi connectivity index (χ0v) is 13.2. The van der Waals surface area contributed by atoms with E-state index in [0.29, 0.717) is 0 Å². The highest BCUT2D eigenvalue weighted by atomic mass is 16.5. The van der Waals surface area contributed by atoms with Gasteiger partial charge < -0.3 is 15.2 Å². The molecule has 0 aromatic heterocycles. The summed E-state index contributed by atoms with van der Waals surface area (Å²) in [7, 11) is 1.69. The Morgan fingerprint density at radius 3 is 2.76 bits per heavy atom. The SMILES string of the molecule is CCCC1CCC2(CC1)C[C@@H](N)c1cc(OC)ccc1O2. The second-order valence-corrected chi connectivity index (χ2v) is 6.73. The third-order valence-electron chi connectivity index (χ3n) is 5.25. The number of benzene rings is 1. The zero-order chi connectivity index (χ0) is 14.9. The van der Waals surface area contributed by atoms with Crippen molar-refractivity contribution in [2.24, 2.45) is 11.7 Å². The van der Waals surface area contributed by atoms with Gasteiger partial charge in [0, 0.05) is 18.0 Å². The quantitative estimate of drug-likeness (QED) is 0.906. The standard InChI is InChI=1S/C18H27NO2/c1-3-4-13-7-9-18(10-8-13)12-16(19)15-11-14(20-2)5-6-17(15)21-18/h5-6,11,13,16H,3-4,7-10,12,19H2,1-2H3/t13?,16-,18?/m1/s1. The van der Waals surface area contributed by atoms with E-state index < -0.39 is 0 Å². The fourth-order valence-corrected chi connectivity index (χ4v) is 4.03. The summed E-state index contributed by atoms with van der Waals surface area (Å²) in [6.45, 7) is 2.28. The van der Waals surface area contributed by atoms with Crippen LogP contribution in [0.3, 0.4) is 0 Å². The smallest absolute Gasteiger partial charge is 0.125 e. The maximum absolute atomic E-state index is 6.43. The molecule has 3 nitrogen and oxygen atoms in total. The predicted octanol–water partition coefficient (Wildman–Crippen LogP) is 4.21. The average molecular weight is 289 g/mol. The van der Waals surface area contributed by atoms with Crippen molar-refractivity contribution in [2.75, 3.05) is 7.11 Å². The fraction of sp³-hybridized carbons (Fsp3) is 0.667. The Kier molecular flexibility index (Phi) is 4.12. The minimum Gasteiger partial charge on any atom is -0.497 e. The Morgan fingerprint density at radius 1 is 1.33 bits per heavy atom. The van der Waals surface area contributed by atoms with Crippen molar-refractivity contribution in [3.63, 3.8) is 0 Å². The van der Waals surface area contributed by atoms with Crippen LogP contribution in [0.15, 0.2) is 18.2 Å². The van der Waals surface area contributed by atoms with Crippen LogP contribution in [0.4, 0.5) is 0 Å². The van der Waals surface area contributed by atoms with Crippen molar-refractivity contribution >= 4 is 0 Å². The highest BCUT2D eigenvalue weighted by Gasteiger charge is 2.42. The molecule has 2 N–H and O–H groups in total. The van der Waals surface area contributed by atoms with Crippen LogP contribution in [0.2, 0.25) is 0 Å².